The molecule has 2 aliphatic rings. The highest BCUT2D eigenvalue weighted by Gasteiger charge is 2.34. The van der Waals surface area contributed by atoms with Crippen LogP contribution in [0.2, 0.25) is 0 Å². The molecule has 27 heavy (non-hydrogen) atoms. The number of imide groups is 1. The summed E-state index contributed by atoms with van der Waals surface area (Å²) in [6, 6.07) is 7.24. The van der Waals surface area contributed by atoms with E-state index in [0.717, 1.165) is 35.9 Å². The van der Waals surface area contributed by atoms with Gasteiger partial charge in [0, 0.05) is 19.5 Å². The summed E-state index contributed by atoms with van der Waals surface area (Å²) in [5.41, 5.74) is 0.819. The van der Waals surface area contributed by atoms with E-state index in [1.807, 2.05) is 12.1 Å². The highest BCUT2D eigenvalue weighted by atomic mass is 32.2. The number of methoxy groups -OCH3 is 1. The SMILES string of the molecule is COc1ccc(/C=C2/SC(=O)N(CCNC(=O)CC3C=CCC3)C2=O)cc1. The third-order valence-electron chi connectivity index (χ3n) is 4.50. The maximum Gasteiger partial charge on any atom is 0.293 e. The van der Waals surface area contributed by atoms with Crippen molar-refractivity contribution in [2.75, 3.05) is 20.2 Å². The lowest BCUT2D eigenvalue weighted by molar-refractivity contribution is -0.124. The summed E-state index contributed by atoms with van der Waals surface area (Å²) in [5.74, 6) is 0.653. The van der Waals surface area contributed by atoms with Gasteiger partial charge in [0.05, 0.1) is 12.0 Å². The van der Waals surface area contributed by atoms with Gasteiger partial charge in [0.1, 0.15) is 5.75 Å². The van der Waals surface area contributed by atoms with Gasteiger partial charge in [0.2, 0.25) is 5.91 Å². The number of allylic oxidation sites excluding steroid dienone is 2. The van der Waals surface area contributed by atoms with Crippen LogP contribution in [0.25, 0.3) is 6.08 Å². The standard InChI is InChI=1S/C20H22N2O4S/c1-26-16-8-6-15(7-9-16)12-17-19(24)22(20(25)27-17)11-10-21-18(23)13-14-4-2-3-5-14/h2,4,6-9,12,14H,3,5,10-11,13H2,1H3,(H,21,23)/b17-12+. The molecule has 0 bridgehead atoms. The van der Waals surface area contributed by atoms with Gasteiger partial charge < -0.3 is 10.1 Å². The largest absolute Gasteiger partial charge is 0.497 e. The summed E-state index contributed by atoms with van der Waals surface area (Å²) in [4.78, 5) is 38.1. The normalized spacial score (nSPS) is 20.6. The maximum atomic E-state index is 12.5. The molecule has 0 aromatic heterocycles. The first kappa shape index (κ1) is 19.2. The third-order valence-corrected chi connectivity index (χ3v) is 5.41. The van der Waals surface area contributed by atoms with Crippen LogP contribution in [0.4, 0.5) is 4.79 Å². The number of benzene rings is 1. The van der Waals surface area contributed by atoms with E-state index in [-0.39, 0.29) is 30.1 Å². The molecule has 1 atom stereocenters. The van der Waals surface area contributed by atoms with Crippen LogP contribution in [0.15, 0.2) is 41.3 Å². The Hall–Kier alpha value is -2.54. The molecule has 1 aliphatic heterocycles. The molecule has 1 aliphatic carbocycles. The van der Waals surface area contributed by atoms with Gasteiger partial charge in [-0.15, -0.1) is 0 Å². The zero-order valence-electron chi connectivity index (χ0n) is 15.1. The van der Waals surface area contributed by atoms with Crippen LogP contribution in [0.3, 0.4) is 0 Å². The number of rotatable bonds is 7. The van der Waals surface area contributed by atoms with Gasteiger partial charge in [-0.3, -0.25) is 19.3 Å². The van der Waals surface area contributed by atoms with Crippen molar-refractivity contribution in [3.63, 3.8) is 0 Å². The van der Waals surface area contributed by atoms with Crippen LogP contribution in [0, 0.1) is 5.92 Å². The summed E-state index contributed by atoms with van der Waals surface area (Å²) < 4.78 is 5.11. The van der Waals surface area contributed by atoms with Crippen LogP contribution in [0.1, 0.15) is 24.8 Å². The molecule has 1 N–H and O–H groups in total. The number of thioether (sulfide) groups is 1. The molecule has 1 unspecified atom stereocenters. The first-order chi connectivity index (χ1) is 13.1. The molecular weight excluding hydrogens is 364 g/mol. The monoisotopic (exact) mass is 386 g/mol. The Bertz CT molecular complexity index is 786. The van der Waals surface area contributed by atoms with Crippen molar-refractivity contribution in [3.8, 4) is 5.75 Å². The molecule has 1 aromatic rings. The van der Waals surface area contributed by atoms with Crippen LogP contribution in [-0.4, -0.2) is 42.2 Å². The molecular formula is C20H22N2O4S. The minimum absolute atomic E-state index is 0.0488. The maximum absolute atomic E-state index is 12.5. The Morgan fingerprint density at radius 1 is 1.33 bits per heavy atom. The number of hydrogen-bond donors (Lipinski definition) is 1. The number of ether oxygens (including phenoxy) is 1. The van der Waals surface area contributed by atoms with Gasteiger partial charge in [0.15, 0.2) is 0 Å². The van der Waals surface area contributed by atoms with Gasteiger partial charge in [-0.05, 0) is 54.3 Å². The molecule has 0 radical (unpaired) electrons. The van der Waals surface area contributed by atoms with E-state index in [9.17, 15) is 14.4 Å². The minimum Gasteiger partial charge on any atom is -0.497 e. The summed E-state index contributed by atoms with van der Waals surface area (Å²) in [6.07, 6.45) is 8.33. The van der Waals surface area contributed by atoms with Crippen LogP contribution < -0.4 is 10.1 Å². The van der Waals surface area contributed by atoms with E-state index in [1.165, 1.54) is 4.90 Å². The first-order valence-corrected chi connectivity index (χ1v) is 9.71. The van der Waals surface area contributed by atoms with E-state index in [2.05, 4.69) is 17.5 Å². The first-order valence-electron chi connectivity index (χ1n) is 8.89. The molecule has 3 amide bonds. The molecule has 1 heterocycles. The predicted molar refractivity (Wildman–Crippen MR) is 105 cm³/mol. The van der Waals surface area contributed by atoms with Crippen LogP contribution in [0.5, 0.6) is 5.75 Å². The number of hydrogen-bond acceptors (Lipinski definition) is 5. The van der Waals surface area contributed by atoms with Gasteiger partial charge in [0.25, 0.3) is 11.1 Å². The van der Waals surface area contributed by atoms with Crippen LogP contribution >= 0.6 is 11.8 Å². The summed E-state index contributed by atoms with van der Waals surface area (Å²) in [5, 5.41) is 2.48. The smallest absolute Gasteiger partial charge is 0.293 e. The lowest BCUT2D eigenvalue weighted by atomic mass is 10.1. The van der Waals surface area contributed by atoms with Gasteiger partial charge in [-0.1, -0.05) is 24.3 Å². The molecule has 0 spiro atoms. The minimum atomic E-state index is -0.325. The molecule has 7 heteroatoms. The molecule has 3 rings (SSSR count). The van der Waals surface area contributed by atoms with Crippen molar-refractivity contribution in [2.45, 2.75) is 19.3 Å². The van der Waals surface area contributed by atoms with Gasteiger partial charge >= 0.3 is 0 Å². The molecule has 6 nitrogen and oxygen atoms in total. The fraction of sp³-hybridized carbons (Fsp3) is 0.350. The number of carbonyl (C=O) groups excluding carboxylic acids is 3. The fourth-order valence-corrected chi connectivity index (χ4v) is 3.89. The van der Waals surface area contributed by atoms with E-state index >= 15 is 0 Å². The van der Waals surface area contributed by atoms with Gasteiger partial charge in [-0.2, -0.15) is 0 Å². The number of nitrogens with one attached hydrogen (secondary N) is 1. The average Bonchev–Trinajstić information content (AvgIpc) is 3.26. The third kappa shape index (κ3) is 5.01. The number of amides is 3. The van der Waals surface area contributed by atoms with Crippen molar-refractivity contribution >= 4 is 34.9 Å². The molecule has 1 fully saturated rings. The predicted octanol–water partition coefficient (Wildman–Crippen LogP) is 3.20. The molecule has 1 aromatic carbocycles. The highest BCUT2D eigenvalue weighted by molar-refractivity contribution is 8.18. The Balaban J connectivity index is 1.51. The van der Waals surface area contributed by atoms with E-state index in [4.69, 9.17) is 4.74 Å². The molecule has 1 saturated heterocycles. The van der Waals surface area contributed by atoms with Crippen molar-refractivity contribution in [1.29, 1.82) is 0 Å². The zero-order valence-corrected chi connectivity index (χ0v) is 16.0. The van der Waals surface area contributed by atoms with Crippen molar-refractivity contribution in [3.05, 3.63) is 46.9 Å². The Morgan fingerprint density at radius 3 is 2.78 bits per heavy atom. The highest BCUT2D eigenvalue weighted by Crippen LogP contribution is 2.32. The van der Waals surface area contributed by atoms with Crippen molar-refractivity contribution in [1.82, 2.24) is 10.2 Å². The lowest BCUT2D eigenvalue weighted by Gasteiger charge is -2.13. The van der Waals surface area contributed by atoms with Crippen LogP contribution in [-0.2, 0) is 9.59 Å². The Labute approximate surface area is 162 Å². The quantitative estimate of drug-likeness (QED) is 0.575. The summed E-state index contributed by atoms with van der Waals surface area (Å²) >= 11 is 0.917. The second-order valence-electron chi connectivity index (χ2n) is 6.43. The zero-order chi connectivity index (χ0) is 19.2. The topological polar surface area (TPSA) is 75.7 Å². The fourth-order valence-electron chi connectivity index (χ4n) is 3.03. The second kappa shape index (κ2) is 8.90. The lowest BCUT2D eigenvalue weighted by Crippen LogP contribution is -2.37. The molecule has 0 saturated carbocycles. The summed E-state index contributed by atoms with van der Waals surface area (Å²) in [7, 11) is 1.59. The van der Waals surface area contributed by atoms with Crippen molar-refractivity contribution in [2.24, 2.45) is 5.92 Å². The van der Waals surface area contributed by atoms with E-state index in [0.29, 0.717) is 17.2 Å². The second-order valence-corrected chi connectivity index (χ2v) is 7.42. The van der Waals surface area contributed by atoms with E-state index in [1.54, 1.807) is 25.3 Å². The summed E-state index contributed by atoms with van der Waals surface area (Å²) in [6.45, 7) is 0.444. The van der Waals surface area contributed by atoms with Crippen molar-refractivity contribution < 1.29 is 19.1 Å². The Morgan fingerprint density at radius 2 is 2.11 bits per heavy atom. The Kier molecular flexibility index (Phi) is 6.34. The van der Waals surface area contributed by atoms with E-state index < -0.39 is 0 Å². The van der Waals surface area contributed by atoms with Gasteiger partial charge in [-0.25, -0.2) is 0 Å². The number of nitrogens with zero attached hydrogens (tertiary/aromatic N) is 1. The average molecular weight is 386 g/mol. The number of carbonyl (C=O) groups is 3. The molecule has 142 valence electrons.